The van der Waals surface area contributed by atoms with Gasteiger partial charge >= 0.3 is 0 Å². The highest BCUT2D eigenvalue weighted by Gasteiger charge is 2.08. The van der Waals surface area contributed by atoms with Gasteiger partial charge in [-0.15, -0.1) is 0 Å². The zero-order chi connectivity index (χ0) is 13.0. The monoisotopic (exact) mass is 246 g/mol. The summed E-state index contributed by atoms with van der Waals surface area (Å²) in [7, 11) is 0. The summed E-state index contributed by atoms with van der Waals surface area (Å²) in [5.41, 5.74) is 8.64. The molecule has 0 aliphatic heterocycles. The van der Waals surface area contributed by atoms with Gasteiger partial charge in [0, 0.05) is 12.6 Å². The summed E-state index contributed by atoms with van der Waals surface area (Å²) in [4.78, 5) is 12.2. The lowest BCUT2D eigenvalue weighted by Gasteiger charge is -2.11. The molecular formula is C14H22N4. The molecule has 2 aromatic heterocycles. The van der Waals surface area contributed by atoms with E-state index in [-0.39, 0.29) is 0 Å². The fourth-order valence-electron chi connectivity index (χ4n) is 2.30. The minimum absolute atomic E-state index is 0.706. The van der Waals surface area contributed by atoms with E-state index in [1.165, 1.54) is 6.42 Å². The van der Waals surface area contributed by atoms with E-state index in [0.717, 1.165) is 48.4 Å². The number of pyridine rings is 1. The standard InChI is InChI=1S/C14H22N4/c1-3-11(6-7-15)4-5-13-17-12-8-10(2)9-16-14(12)18-13/h8-9,11H,3-7,15H2,1-2H3,(H,16,17,18). The van der Waals surface area contributed by atoms with Crippen LogP contribution in [0.1, 0.15) is 37.6 Å². The number of hydrogen-bond acceptors (Lipinski definition) is 3. The van der Waals surface area contributed by atoms with E-state index in [1.807, 2.05) is 13.1 Å². The van der Waals surface area contributed by atoms with Gasteiger partial charge in [-0.3, -0.25) is 0 Å². The molecule has 2 rings (SSSR count). The Balaban J connectivity index is 2.03. The van der Waals surface area contributed by atoms with Crippen LogP contribution in [0.3, 0.4) is 0 Å². The molecule has 0 aliphatic rings. The van der Waals surface area contributed by atoms with Gasteiger partial charge in [0.2, 0.25) is 0 Å². The van der Waals surface area contributed by atoms with Crippen molar-refractivity contribution >= 4 is 11.2 Å². The van der Waals surface area contributed by atoms with Gasteiger partial charge in [-0.2, -0.15) is 0 Å². The topological polar surface area (TPSA) is 67.6 Å². The fourth-order valence-corrected chi connectivity index (χ4v) is 2.30. The van der Waals surface area contributed by atoms with Crippen molar-refractivity contribution in [2.75, 3.05) is 6.54 Å². The number of fused-ring (bicyclic) bond motifs is 1. The van der Waals surface area contributed by atoms with Crippen molar-refractivity contribution in [3.05, 3.63) is 23.7 Å². The van der Waals surface area contributed by atoms with Crippen molar-refractivity contribution in [3.63, 3.8) is 0 Å². The molecule has 1 unspecified atom stereocenters. The van der Waals surface area contributed by atoms with Crippen LogP contribution in [0.4, 0.5) is 0 Å². The van der Waals surface area contributed by atoms with E-state index in [9.17, 15) is 0 Å². The summed E-state index contributed by atoms with van der Waals surface area (Å²) >= 11 is 0. The normalized spacial score (nSPS) is 13.1. The predicted octanol–water partition coefficient (Wildman–Crippen LogP) is 2.57. The number of nitrogens with one attached hydrogen (secondary N) is 1. The lowest BCUT2D eigenvalue weighted by molar-refractivity contribution is 0.440. The fraction of sp³-hybridized carbons (Fsp3) is 0.571. The van der Waals surface area contributed by atoms with E-state index in [0.29, 0.717) is 5.92 Å². The second kappa shape index (κ2) is 5.96. The third-order valence-electron chi connectivity index (χ3n) is 3.46. The number of H-pyrrole nitrogens is 1. The smallest absolute Gasteiger partial charge is 0.177 e. The van der Waals surface area contributed by atoms with Crippen molar-refractivity contribution < 1.29 is 0 Å². The van der Waals surface area contributed by atoms with Crippen molar-refractivity contribution in [2.45, 2.75) is 39.5 Å². The molecule has 1 atom stereocenters. The quantitative estimate of drug-likeness (QED) is 0.823. The second-order valence-corrected chi connectivity index (χ2v) is 4.96. The van der Waals surface area contributed by atoms with E-state index in [4.69, 9.17) is 5.73 Å². The average molecular weight is 246 g/mol. The van der Waals surface area contributed by atoms with Crippen molar-refractivity contribution in [1.29, 1.82) is 0 Å². The van der Waals surface area contributed by atoms with Gasteiger partial charge in [-0.25, -0.2) is 9.97 Å². The lowest BCUT2D eigenvalue weighted by atomic mass is 9.97. The summed E-state index contributed by atoms with van der Waals surface area (Å²) in [5.74, 6) is 1.75. The Labute approximate surface area is 108 Å². The number of rotatable bonds is 6. The van der Waals surface area contributed by atoms with Crippen LogP contribution >= 0.6 is 0 Å². The first-order valence-electron chi connectivity index (χ1n) is 6.74. The maximum absolute atomic E-state index is 5.62. The molecule has 0 saturated carbocycles. The zero-order valence-electron chi connectivity index (χ0n) is 11.2. The molecule has 0 spiro atoms. The van der Waals surface area contributed by atoms with Crippen molar-refractivity contribution in [3.8, 4) is 0 Å². The Bertz CT molecular complexity index is 503. The third-order valence-corrected chi connectivity index (χ3v) is 3.46. The van der Waals surface area contributed by atoms with Gasteiger partial charge in [-0.05, 0) is 43.9 Å². The Morgan fingerprint density at radius 1 is 1.39 bits per heavy atom. The molecule has 0 aliphatic carbocycles. The minimum Gasteiger partial charge on any atom is -0.341 e. The summed E-state index contributed by atoms with van der Waals surface area (Å²) in [6, 6.07) is 2.09. The summed E-state index contributed by atoms with van der Waals surface area (Å²) < 4.78 is 0. The van der Waals surface area contributed by atoms with Crippen LogP contribution < -0.4 is 5.73 Å². The largest absolute Gasteiger partial charge is 0.341 e. The maximum Gasteiger partial charge on any atom is 0.177 e. The lowest BCUT2D eigenvalue weighted by Crippen LogP contribution is -2.09. The molecular weight excluding hydrogens is 224 g/mol. The molecule has 0 aromatic carbocycles. The molecule has 4 heteroatoms. The number of imidazole rings is 1. The maximum atomic E-state index is 5.62. The Morgan fingerprint density at radius 3 is 2.94 bits per heavy atom. The minimum atomic E-state index is 0.706. The highest BCUT2D eigenvalue weighted by molar-refractivity contribution is 5.70. The van der Waals surface area contributed by atoms with Gasteiger partial charge in [0.15, 0.2) is 5.65 Å². The molecule has 18 heavy (non-hydrogen) atoms. The Kier molecular flexibility index (Phi) is 4.31. The number of aryl methyl sites for hydroxylation is 2. The number of aromatic amines is 1. The van der Waals surface area contributed by atoms with E-state index >= 15 is 0 Å². The molecule has 98 valence electrons. The second-order valence-electron chi connectivity index (χ2n) is 4.96. The van der Waals surface area contributed by atoms with Crippen molar-refractivity contribution in [1.82, 2.24) is 15.0 Å². The molecule has 0 amide bonds. The van der Waals surface area contributed by atoms with Crippen molar-refractivity contribution in [2.24, 2.45) is 11.7 Å². The average Bonchev–Trinajstić information content (AvgIpc) is 2.76. The molecule has 4 nitrogen and oxygen atoms in total. The van der Waals surface area contributed by atoms with Gasteiger partial charge in [-0.1, -0.05) is 13.3 Å². The molecule has 0 fully saturated rings. The van der Waals surface area contributed by atoms with E-state index < -0.39 is 0 Å². The molecule has 2 heterocycles. The summed E-state index contributed by atoms with van der Waals surface area (Å²) in [6.45, 7) is 5.05. The van der Waals surface area contributed by atoms with Crippen LogP contribution in [-0.4, -0.2) is 21.5 Å². The number of hydrogen-bond donors (Lipinski definition) is 2. The van der Waals surface area contributed by atoms with Gasteiger partial charge in [0.05, 0.1) is 5.52 Å². The molecule has 3 N–H and O–H groups in total. The Morgan fingerprint density at radius 2 is 2.22 bits per heavy atom. The highest BCUT2D eigenvalue weighted by Crippen LogP contribution is 2.17. The van der Waals surface area contributed by atoms with Gasteiger partial charge < -0.3 is 10.7 Å². The predicted molar refractivity (Wildman–Crippen MR) is 74.4 cm³/mol. The van der Waals surface area contributed by atoms with Crippen LogP contribution in [0.5, 0.6) is 0 Å². The highest BCUT2D eigenvalue weighted by atomic mass is 15.0. The molecule has 2 aromatic rings. The Hall–Kier alpha value is -1.42. The molecule has 0 saturated heterocycles. The summed E-state index contributed by atoms with van der Waals surface area (Å²) in [5, 5.41) is 0. The van der Waals surface area contributed by atoms with E-state index in [2.05, 4.69) is 27.9 Å². The SMILES string of the molecule is CCC(CCN)CCc1nc2ncc(C)cc2[nH]1. The van der Waals surface area contributed by atoms with Gasteiger partial charge in [0.1, 0.15) is 5.82 Å². The third kappa shape index (κ3) is 3.07. The first kappa shape index (κ1) is 13.0. The van der Waals surface area contributed by atoms with Gasteiger partial charge in [0.25, 0.3) is 0 Å². The number of aromatic nitrogens is 3. The van der Waals surface area contributed by atoms with Crippen LogP contribution in [0.15, 0.2) is 12.3 Å². The first-order valence-corrected chi connectivity index (χ1v) is 6.74. The summed E-state index contributed by atoms with van der Waals surface area (Å²) in [6.07, 6.45) is 6.28. The number of nitrogens with zero attached hydrogens (tertiary/aromatic N) is 2. The first-order chi connectivity index (χ1) is 8.72. The zero-order valence-corrected chi connectivity index (χ0v) is 11.2. The molecule has 0 bridgehead atoms. The molecule has 0 radical (unpaired) electrons. The van der Waals surface area contributed by atoms with Crippen LogP contribution in [0.2, 0.25) is 0 Å². The van der Waals surface area contributed by atoms with Crippen LogP contribution in [-0.2, 0) is 6.42 Å². The van der Waals surface area contributed by atoms with Crippen LogP contribution in [0, 0.1) is 12.8 Å². The number of nitrogens with two attached hydrogens (primary N) is 1. The van der Waals surface area contributed by atoms with E-state index in [1.54, 1.807) is 0 Å². The van der Waals surface area contributed by atoms with Crippen LogP contribution in [0.25, 0.3) is 11.2 Å².